The number of hydrogen-bond donors (Lipinski definition) is 2. The summed E-state index contributed by atoms with van der Waals surface area (Å²) in [4.78, 5) is 26.0. The Morgan fingerprint density at radius 2 is 1.91 bits per heavy atom. The maximum atomic E-state index is 12.2. The molecule has 1 atom stereocenters. The fourth-order valence-corrected chi connectivity index (χ4v) is 3.06. The fourth-order valence-electron chi connectivity index (χ4n) is 2.93. The van der Waals surface area contributed by atoms with E-state index < -0.39 is 12.0 Å². The molecule has 23 heavy (non-hydrogen) atoms. The van der Waals surface area contributed by atoms with Crippen molar-refractivity contribution in [2.45, 2.75) is 32.2 Å². The van der Waals surface area contributed by atoms with E-state index in [2.05, 4.69) is 17.1 Å². The number of carboxylic acid groups (broad SMARTS) is 1. The van der Waals surface area contributed by atoms with Gasteiger partial charge in [0.15, 0.2) is 6.04 Å². The van der Waals surface area contributed by atoms with Crippen molar-refractivity contribution in [3.05, 3.63) is 34.9 Å². The van der Waals surface area contributed by atoms with Gasteiger partial charge >= 0.3 is 5.97 Å². The number of amides is 1. The van der Waals surface area contributed by atoms with Crippen LogP contribution in [0, 0.1) is 5.92 Å². The van der Waals surface area contributed by atoms with Gasteiger partial charge in [-0.1, -0.05) is 30.7 Å². The quantitative estimate of drug-likeness (QED) is 0.836. The van der Waals surface area contributed by atoms with Crippen LogP contribution in [0.25, 0.3) is 0 Å². The van der Waals surface area contributed by atoms with E-state index in [1.807, 2.05) is 0 Å². The lowest BCUT2D eigenvalue weighted by atomic mass is 9.93. The molecular formula is C17H23ClN2O3. The minimum atomic E-state index is -1.07. The fraction of sp³-hybridized carbons (Fsp3) is 0.529. The van der Waals surface area contributed by atoms with Crippen molar-refractivity contribution in [2.24, 2.45) is 5.92 Å². The van der Waals surface area contributed by atoms with Crippen LogP contribution in [0.1, 0.15) is 37.8 Å². The molecule has 2 N–H and O–H groups in total. The maximum Gasteiger partial charge on any atom is 0.330 e. The van der Waals surface area contributed by atoms with Crippen molar-refractivity contribution in [3.63, 3.8) is 0 Å². The van der Waals surface area contributed by atoms with Gasteiger partial charge in [0.1, 0.15) is 0 Å². The van der Waals surface area contributed by atoms with Crippen LogP contribution in [-0.4, -0.2) is 41.5 Å². The molecule has 0 radical (unpaired) electrons. The van der Waals surface area contributed by atoms with E-state index >= 15 is 0 Å². The first kappa shape index (κ1) is 17.8. The van der Waals surface area contributed by atoms with Crippen LogP contribution < -0.4 is 5.32 Å². The lowest BCUT2D eigenvalue weighted by Gasteiger charge is -2.30. The van der Waals surface area contributed by atoms with Crippen molar-refractivity contribution >= 4 is 23.5 Å². The standard InChI is InChI=1S/C17H23ClN2O3/c1-2-20-9-7-12(8-10-20)11-15(21)19-16(17(22)23)13-3-5-14(18)6-4-13/h3-6,12,16H,2,7-11H2,1H3,(H,19,21)(H,22,23)/t16-/m0/s1. The van der Waals surface area contributed by atoms with E-state index in [1.54, 1.807) is 24.3 Å². The lowest BCUT2D eigenvalue weighted by Crippen LogP contribution is -2.38. The van der Waals surface area contributed by atoms with Gasteiger partial charge in [-0.25, -0.2) is 4.79 Å². The Balaban J connectivity index is 1.91. The molecule has 0 bridgehead atoms. The van der Waals surface area contributed by atoms with Gasteiger partial charge in [-0.3, -0.25) is 4.79 Å². The predicted molar refractivity (Wildman–Crippen MR) is 89.4 cm³/mol. The number of piperidine rings is 1. The molecule has 0 unspecified atom stereocenters. The van der Waals surface area contributed by atoms with E-state index in [-0.39, 0.29) is 5.91 Å². The van der Waals surface area contributed by atoms with E-state index in [0.29, 0.717) is 22.9 Å². The first-order valence-electron chi connectivity index (χ1n) is 7.99. The van der Waals surface area contributed by atoms with Crippen molar-refractivity contribution in [1.82, 2.24) is 10.2 Å². The molecule has 2 rings (SSSR count). The minimum absolute atomic E-state index is 0.206. The molecule has 1 aromatic rings. The molecule has 1 heterocycles. The summed E-state index contributed by atoms with van der Waals surface area (Å²) < 4.78 is 0. The van der Waals surface area contributed by atoms with Gasteiger partial charge < -0.3 is 15.3 Å². The molecule has 0 spiro atoms. The van der Waals surface area contributed by atoms with Crippen molar-refractivity contribution < 1.29 is 14.7 Å². The summed E-state index contributed by atoms with van der Waals surface area (Å²) in [6, 6.07) is 5.47. The average molecular weight is 339 g/mol. The molecule has 1 aromatic carbocycles. The highest BCUT2D eigenvalue weighted by Crippen LogP contribution is 2.22. The Labute approximate surface area is 141 Å². The third-order valence-corrected chi connectivity index (χ3v) is 4.64. The summed E-state index contributed by atoms with van der Waals surface area (Å²) >= 11 is 5.82. The number of rotatable bonds is 6. The Bertz CT molecular complexity index is 539. The van der Waals surface area contributed by atoms with Crippen LogP contribution in [-0.2, 0) is 9.59 Å². The molecule has 6 heteroatoms. The third-order valence-electron chi connectivity index (χ3n) is 4.38. The summed E-state index contributed by atoms with van der Waals surface area (Å²) in [6.07, 6.45) is 2.36. The monoisotopic (exact) mass is 338 g/mol. The highest BCUT2D eigenvalue weighted by molar-refractivity contribution is 6.30. The Hall–Kier alpha value is -1.59. The zero-order chi connectivity index (χ0) is 16.8. The van der Waals surface area contributed by atoms with Gasteiger partial charge in [-0.2, -0.15) is 0 Å². The highest BCUT2D eigenvalue weighted by Gasteiger charge is 2.25. The summed E-state index contributed by atoms with van der Waals surface area (Å²) in [5, 5.41) is 12.5. The number of benzene rings is 1. The van der Waals surface area contributed by atoms with Crippen LogP contribution in [0.5, 0.6) is 0 Å². The average Bonchev–Trinajstić information content (AvgIpc) is 2.54. The Morgan fingerprint density at radius 3 is 2.43 bits per heavy atom. The van der Waals surface area contributed by atoms with Crippen LogP contribution in [0.4, 0.5) is 0 Å². The summed E-state index contributed by atoms with van der Waals surface area (Å²) in [6.45, 7) is 5.19. The zero-order valence-electron chi connectivity index (χ0n) is 13.3. The number of nitrogens with zero attached hydrogens (tertiary/aromatic N) is 1. The summed E-state index contributed by atoms with van der Waals surface area (Å²) in [7, 11) is 0. The Kier molecular flexibility index (Phi) is 6.42. The van der Waals surface area contributed by atoms with Crippen LogP contribution in [0.3, 0.4) is 0 Å². The molecule has 0 aromatic heterocycles. The SMILES string of the molecule is CCN1CCC(CC(=O)N[C@H](C(=O)O)c2ccc(Cl)cc2)CC1. The van der Waals surface area contributed by atoms with Gasteiger partial charge in [-0.15, -0.1) is 0 Å². The van der Waals surface area contributed by atoms with E-state index in [4.69, 9.17) is 11.6 Å². The number of carbonyl (C=O) groups excluding carboxylic acids is 1. The van der Waals surface area contributed by atoms with Crippen LogP contribution in [0.2, 0.25) is 5.02 Å². The van der Waals surface area contributed by atoms with Crippen LogP contribution >= 0.6 is 11.6 Å². The van der Waals surface area contributed by atoms with Crippen molar-refractivity contribution in [2.75, 3.05) is 19.6 Å². The molecule has 1 aliphatic rings. The zero-order valence-corrected chi connectivity index (χ0v) is 14.1. The molecule has 1 fully saturated rings. The van der Waals surface area contributed by atoms with E-state index in [1.165, 1.54) is 0 Å². The molecule has 1 amide bonds. The molecule has 5 nitrogen and oxygen atoms in total. The topological polar surface area (TPSA) is 69.6 Å². The first-order chi connectivity index (χ1) is 11.0. The van der Waals surface area contributed by atoms with Gasteiger partial charge in [0, 0.05) is 11.4 Å². The molecule has 1 saturated heterocycles. The highest BCUT2D eigenvalue weighted by atomic mass is 35.5. The molecular weight excluding hydrogens is 316 g/mol. The number of nitrogens with one attached hydrogen (secondary N) is 1. The lowest BCUT2D eigenvalue weighted by molar-refractivity contribution is -0.142. The second-order valence-corrected chi connectivity index (χ2v) is 6.41. The summed E-state index contributed by atoms with van der Waals surface area (Å²) in [5.74, 6) is -0.943. The van der Waals surface area contributed by atoms with Gasteiger partial charge in [0.05, 0.1) is 0 Å². The Morgan fingerprint density at radius 1 is 1.30 bits per heavy atom. The number of likely N-dealkylation sites (tertiary alicyclic amines) is 1. The van der Waals surface area contributed by atoms with Gasteiger partial charge in [-0.05, 0) is 56.1 Å². The number of halogens is 1. The first-order valence-corrected chi connectivity index (χ1v) is 8.37. The largest absolute Gasteiger partial charge is 0.479 e. The predicted octanol–water partition coefficient (Wildman–Crippen LogP) is 2.70. The van der Waals surface area contributed by atoms with Crippen LogP contribution in [0.15, 0.2) is 24.3 Å². The smallest absolute Gasteiger partial charge is 0.330 e. The molecule has 1 aliphatic heterocycles. The van der Waals surface area contributed by atoms with E-state index in [0.717, 1.165) is 32.5 Å². The minimum Gasteiger partial charge on any atom is -0.479 e. The van der Waals surface area contributed by atoms with E-state index in [9.17, 15) is 14.7 Å². The van der Waals surface area contributed by atoms with Crippen molar-refractivity contribution in [1.29, 1.82) is 0 Å². The normalized spacial score (nSPS) is 17.7. The number of aliphatic carboxylic acids is 1. The number of hydrogen-bond acceptors (Lipinski definition) is 3. The summed E-state index contributed by atoms with van der Waals surface area (Å²) in [5.41, 5.74) is 0.524. The maximum absolute atomic E-state index is 12.2. The number of carboxylic acids is 1. The second kappa shape index (κ2) is 8.31. The van der Waals surface area contributed by atoms with Crippen molar-refractivity contribution in [3.8, 4) is 0 Å². The molecule has 0 aliphatic carbocycles. The number of carbonyl (C=O) groups is 2. The molecule has 126 valence electrons. The molecule has 0 saturated carbocycles. The third kappa shape index (κ3) is 5.22. The van der Waals surface area contributed by atoms with Gasteiger partial charge in [0.25, 0.3) is 0 Å². The van der Waals surface area contributed by atoms with Gasteiger partial charge in [0.2, 0.25) is 5.91 Å². The second-order valence-electron chi connectivity index (χ2n) is 5.97.